The van der Waals surface area contributed by atoms with Crippen molar-refractivity contribution in [2.24, 2.45) is 5.92 Å². The molecule has 1 heterocycles. The topological polar surface area (TPSA) is 79.6 Å². The first-order valence-electron chi connectivity index (χ1n) is 11.8. The van der Waals surface area contributed by atoms with E-state index < -0.39 is 0 Å². The molecular weight excluding hydrogens is 528 g/mol. The monoisotopic (exact) mass is 554 g/mol. The number of rotatable bonds is 8. The number of benzene rings is 2. The van der Waals surface area contributed by atoms with Crippen molar-refractivity contribution in [3.63, 3.8) is 0 Å². The molecule has 8 heteroatoms. The smallest absolute Gasteiger partial charge is 0.293 e. The fourth-order valence-corrected chi connectivity index (χ4v) is 5.66. The van der Waals surface area contributed by atoms with Crippen LogP contribution in [-0.4, -0.2) is 29.2 Å². The molecule has 35 heavy (non-hydrogen) atoms. The van der Waals surface area contributed by atoms with Crippen LogP contribution < -0.4 is 9.47 Å². The summed E-state index contributed by atoms with van der Waals surface area (Å²) in [6.07, 6.45) is 7.45. The first-order valence-corrected chi connectivity index (χ1v) is 13.4. The fourth-order valence-electron chi connectivity index (χ4n) is 4.38. The zero-order valence-corrected chi connectivity index (χ0v) is 22.0. The predicted octanol–water partition coefficient (Wildman–Crippen LogP) is 6.92. The standard InChI is InChI=1S/C27H27BrN2O4S/c1-2-33-23-12-21(22(28)14-24(23)34-17-20-11-7-6-10-19(20)15-29)13-25-26(31)30(27(32)35-25)16-18-8-4-3-5-9-18/h6-7,10-14,18H,2-5,8-9,16-17H2,1H3/b25-13+. The molecule has 2 amide bonds. The maximum atomic E-state index is 13.0. The summed E-state index contributed by atoms with van der Waals surface area (Å²) in [6.45, 7) is 3.04. The van der Waals surface area contributed by atoms with E-state index >= 15 is 0 Å². The third-order valence-electron chi connectivity index (χ3n) is 6.21. The molecule has 0 atom stereocenters. The van der Waals surface area contributed by atoms with Gasteiger partial charge in [0, 0.05) is 16.6 Å². The summed E-state index contributed by atoms with van der Waals surface area (Å²) in [7, 11) is 0. The van der Waals surface area contributed by atoms with Crippen molar-refractivity contribution < 1.29 is 19.1 Å². The van der Waals surface area contributed by atoms with E-state index in [4.69, 9.17) is 9.47 Å². The number of nitriles is 1. The van der Waals surface area contributed by atoms with Crippen molar-refractivity contribution in [3.8, 4) is 17.6 Å². The molecule has 0 bridgehead atoms. The Kier molecular flexibility index (Phi) is 8.53. The molecule has 0 radical (unpaired) electrons. The van der Waals surface area contributed by atoms with Gasteiger partial charge < -0.3 is 9.47 Å². The van der Waals surface area contributed by atoms with Crippen LogP contribution in [0, 0.1) is 17.2 Å². The summed E-state index contributed by atoms with van der Waals surface area (Å²) in [5.74, 6) is 1.21. The van der Waals surface area contributed by atoms with Gasteiger partial charge in [-0.2, -0.15) is 5.26 Å². The summed E-state index contributed by atoms with van der Waals surface area (Å²) >= 11 is 4.56. The van der Waals surface area contributed by atoms with Crippen molar-refractivity contribution in [2.75, 3.05) is 13.2 Å². The largest absolute Gasteiger partial charge is 0.490 e. The molecule has 0 N–H and O–H groups in total. The Morgan fingerprint density at radius 2 is 1.89 bits per heavy atom. The molecule has 0 aromatic heterocycles. The first-order chi connectivity index (χ1) is 17.0. The number of amides is 2. The number of carbonyl (C=O) groups excluding carboxylic acids is 2. The lowest BCUT2D eigenvalue weighted by atomic mass is 9.89. The quantitative estimate of drug-likeness (QED) is 0.329. The zero-order chi connectivity index (χ0) is 24.8. The van der Waals surface area contributed by atoms with E-state index in [9.17, 15) is 14.9 Å². The van der Waals surface area contributed by atoms with Crippen molar-refractivity contribution >= 4 is 44.9 Å². The molecule has 0 unspecified atom stereocenters. The lowest BCUT2D eigenvalue weighted by Gasteiger charge is -2.25. The number of thioether (sulfide) groups is 1. The van der Waals surface area contributed by atoms with Crippen LogP contribution in [-0.2, 0) is 11.4 Å². The Hall–Kier alpha value is -2.76. The number of nitrogens with zero attached hydrogens (tertiary/aromatic N) is 2. The normalized spacial score (nSPS) is 17.6. The molecule has 2 aromatic carbocycles. The van der Waals surface area contributed by atoms with Gasteiger partial charge in [0.25, 0.3) is 11.1 Å². The molecule has 1 saturated carbocycles. The second-order valence-corrected chi connectivity index (χ2v) is 10.5. The maximum Gasteiger partial charge on any atom is 0.293 e. The van der Waals surface area contributed by atoms with Gasteiger partial charge in [-0.1, -0.05) is 53.4 Å². The van der Waals surface area contributed by atoms with Gasteiger partial charge in [0.15, 0.2) is 11.5 Å². The molecule has 1 aliphatic carbocycles. The molecule has 6 nitrogen and oxygen atoms in total. The van der Waals surface area contributed by atoms with Crippen LogP contribution in [0.4, 0.5) is 4.79 Å². The summed E-state index contributed by atoms with van der Waals surface area (Å²) in [5, 5.41) is 9.12. The SMILES string of the molecule is CCOc1cc(/C=C2/SC(=O)N(CC3CCCCC3)C2=O)c(Br)cc1OCc1ccccc1C#N. The second-order valence-electron chi connectivity index (χ2n) is 8.61. The molecule has 1 saturated heterocycles. The number of halogens is 1. The molecular formula is C27H27BrN2O4S. The number of imide groups is 1. The number of hydrogen-bond donors (Lipinski definition) is 0. The van der Waals surface area contributed by atoms with Crippen molar-refractivity contribution in [1.82, 2.24) is 4.90 Å². The van der Waals surface area contributed by atoms with E-state index in [2.05, 4.69) is 22.0 Å². The van der Waals surface area contributed by atoms with E-state index in [0.29, 0.717) is 45.5 Å². The lowest BCUT2D eigenvalue weighted by Crippen LogP contribution is -2.34. The zero-order valence-electron chi connectivity index (χ0n) is 19.6. The lowest BCUT2D eigenvalue weighted by molar-refractivity contribution is -0.123. The number of carbonyl (C=O) groups is 2. The second kappa shape index (κ2) is 11.8. The average Bonchev–Trinajstić information content (AvgIpc) is 3.13. The van der Waals surface area contributed by atoms with Gasteiger partial charge >= 0.3 is 0 Å². The van der Waals surface area contributed by atoms with E-state index in [1.54, 1.807) is 24.3 Å². The number of ether oxygens (including phenoxy) is 2. The van der Waals surface area contributed by atoms with Gasteiger partial charge in [-0.25, -0.2) is 0 Å². The minimum Gasteiger partial charge on any atom is -0.490 e. The molecule has 4 rings (SSSR count). The Balaban J connectivity index is 1.53. The average molecular weight is 555 g/mol. The Labute approximate surface area is 218 Å². The van der Waals surface area contributed by atoms with Crippen LogP contribution in [0.3, 0.4) is 0 Å². The third-order valence-corrected chi connectivity index (χ3v) is 7.80. The third kappa shape index (κ3) is 6.09. The highest BCUT2D eigenvalue weighted by Crippen LogP contribution is 2.39. The summed E-state index contributed by atoms with van der Waals surface area (Å²) < 4.78 is 12.5. The Morgan fingerprint density at radius 3 is 2.63 bits per heavy atom. The van der Waals surface area contributed by atoms with Gasteiger partial charge in [-0.05, 0) is 67.3 Å². The minimum atomic E-state index is -0.233. The molecule has 0 spiro atoms. The fraction of sp³-hybridized carbons (Fsp3) is 0.370. The molecule has 182 valence electrons. The molecule has 2 aromatic rings. The van der Waals surface area contributed by atoms with E-state index in [1.807, 2.05) is 25.1 Å². The maximum absolute atomic E-state index is 13.0. The van der Waals surface area contributed by atoms with Crippen LogP contribution in [0.2, 0.25) is 0 Å². The molecule has 1 aliphatic heterocycles. The van der Waals surface area contributed by atoms with Crippen LogP contribution in [0.15, 0.2) is 45.8 Å². The van der Waals surface area contributed by atoms with E-state index in [0.717, 1.165) is 35.7 Å². The van der Waals surface area contributed by atoms with Crippen LogP contribution in [0.1, 0.15) is 55.7 Å². The van der Waals surface area contributed by atoms with Crippen molar-refractivity contribution in [2.45, 2.75) is 45.6 Å². The minimum absolute atomic E-state index is 0.205. The van der Waals surface area contributed by atoms with Gasteiger partial charge in [-0.3, -0.25) is 14.5 Å². The van der Waals surface area contributed by atoms with E-state index in [-0.39, 0.29) is 17.8 Å². The van der Waals surface area contributed by atoms with Crippen LogP contribution in [0.5, 0.6) is 11.5 Å². The van der Waals surface area contributed by atoms with E-state index in [1.165, 1.54) is 24.2 Å². The number of hydrogen-bond acceptors (Lipinski definition) is 6. The van der Waals surface area contributed by atoms with Gasteiger partial charge in [0.2, 0.25) is 0 Å². The highest BCUT2D eigenvalue weighted by atomic mass is 79.9. The Bertz CT molecular complexity index is 1180. The first kappa shape index (κ1) is 25.3. The van der Waals surface area contributed by atoms with Crippen molar-refractivity contribution in [1.29, 1.82) is 5.26 Å². The summed E-state index contributed by atoms with van der Waals surface area (Å²) in [5.41, 5.74) is 2.07. The van der Waals surface area contributed by atoms with Gasteiger partial charge in [0.05, 0.1) is 23.1 Å². The van der Waals surface area contributed by atoms with Gasteiger partial charge in [0.1, 0.15) is 6.61 Å². The highest BCUT2D eigenvalue weighted by molar-refractivity contribution is 9.10. The summed E-state index contributed by atoms with van der Waals surface area (Å²) in [4.78, 5) is 27.4. The predicted molar refractivity (Wildman–Crippen MR) is 140 cm³/mol. The highest BCUT2D eigenvalue weighted by Gasteiger charge is 2.36. The summed E-state index contributed by atoms with van der Waals surface area (Å²) in [6, 6.07) is 13.1. The molecule has 2 fully saturated rings. The van der Waals surface area contributed by atoms with Crippen LogP contribution >= 0.6 is 27.7 Å². The Morgan fingerprint density at radius 1 is 1.14 bits per heavy atom. The van der Waals surface area contributed by atoms with Gasteiger partial charge in [-0.15, -0.1) is 0 Å². The molecule has 2 aliphatic rings. The van der Waals surface area contributed by atoms with Crippen LogP contribution in [0.25, 0.3) is 6.08 Å². The van der Waals surface area contributed by atoms with Crippen molar-refractivity contribution in [3.05, 3.63) is 62.5 Å².